The lowest BCUT2D eigenvalue weighted by Crippen LogP contribution is -2.45. The van der Waals surface area contributed by atoms with Crippen LogP contribution >= 0.6 is 0 Å². The summed E-state index contributed by atoms with van der Waals surface area (Å²) in [4.78, 5) is 7.07. The number of hydrogen-bond donors (Lipinski definition) is 1. The number of aromatic nitrogens is 2. The molecule has 1 N–H and O–H groups in total. The molecule has 0 aromatic carbocycles. The Bertz CT molecular complexity index is 447. The summed E-state index contributed by atoms with van der Waals surface area (Å²) in [6.07, 6.45) is 13.7. The van der Waals surface area contributed by atoms with Crippen LogP contribution in [0.15, 0.2) is 12.5 Å². The minimum Gasteiger partial charge on any atom is -0.330 e. The zero-order chi connectivity index (χ0) is 13.4. The van der Waals surface area contributed by atoms with Crippen molar-refractivity contribution in [1.82, 2.24) is 19.8 Å². The largest absolute Gasteiger partial charge is 0.330 e. The van der Waals surface area contributed by atoms with Crippen LogP contribution in [0.1, 0.15) is 56.7 Å². The second-order valence-corrected chi connectivity index (χ2v) is 6.83. The summed E-state index contributed by atoms with van der Waals surface area (Å²) in [5.74, 6) is 0. The van der Waals surface area contributed by atoms with E-state index in [0.717, 1.165) is 24.7 Å². The van der Waals surface area contributed by atoms with Gasteiger partial charge in [-0.05, 0) is 45.1 Å². The summed E-state index contributed by atoms with van der Waals surface area (Å²) < 4.78 is 2.42. The number of likely N-dealkylation sites (tertiary alicyclic amines) is 1. The third-order valence-corrected chi connectivity index (χ3v) is 5.02. The van der Waals surface area contributed by atoms with Crippen molar-refractivity contribution in [3.05, 3.63) is 18.2 Å². The van der Waals surface area contributed by atoms with Gasteiger partial charge in [0.25, 0.3) is 0 Å². The van der Waals surface area contributed by atoms with Crippen LogP contribution in [0.25, 0.3) is 0 Å². The molecule has 0 amide bonds. The average Bonchev–Trinajstić information content (AvgIpc) is 3.39. The zero-order valence-electron chi connectivity index (χ0n) is 12.3. The van der Waals surface area contributed by atoms with E-state index in [1.807, 2.05) is 6.33 Å². The van der Waals surface area contributed by atoms with Gasteiger partial charge in [-0.1, -0.05) is 6.42 Å². The molecule has 3 aliphatic rings. The van der Waals surface area contributed by atoms with Gasteiger partial charge in [-0.15, -0.1) is 0 Å². The van der Waals surface area contributed by atoms with Crippen molar-refractivity contribution in [3.8, 4) is 0 Å². The molecule has 1 unspecified atom stereocenters. The molecule has 2 saturated carbocycles. The molecule has 0 bridgehead atoms. The van der Waals surface area contributed by atoms with E-state index in [-0.39, 0.29) is 0 Å². The normalized spacial score (nSPS) is 27.9. The smallest absolute Gasteiger partial charge is 0.0951 e. The van der Waals surface area contributed by atoms with Crippen LogP contribution in [0, 0.1) is 0 Å². The molecular formula is C16H26N4. The van der Waals surface area contributed by atoms with Crippen molar-refractivity contribution in [2.75, 3.05) is 13.1 Å². The SMILES string of the molecule is c1ncn(C2CC2)c1CN1CCCCC1CNC1CC1. The first kappa shape index (κ1) is 12.8. The Labute approximate surface area is 121 Å². The van der Waals surface area contributed by atoms with Crippen LogP contribution in [0.5, 0.6) is 0 Å². The van der Waals surface area contributed by atoms with Gasteiger partial charge in [-0.25, -0.2) is 4.98 Å². The Morgan fingerprint density at radius 1 is 1.15 bits per heavy atom. The second kappa shape index (κ2) is 5.49. The molecule has 4 heteroatoms. The predicted octanol–water partition coefficient (Wildman–Crippen LogP) is 2.32. The fourth-order valence-electron chi connectivity index (χ4n) is 3.43. The molecule has 3 fully saturated rings. The van der Waals surface area contributed by atoms with Crippen LogP contribution < -0.4 is 5.32 Å². The van der Waals surface area contributed by atoms with E-state index in [4.69, 9.17) is 0 Å². The molecule has 1 aliphatic heterocycles. The summed E-state index contributed by atoms with van der Waals surface area (Å²) in [6.45, 7) is 3.53. The van der Waals surface area contributed by atoms with E-state index in [0.29, 0.717) is 0 Å². The molecule has 110 valence electrons. The molecule has 1 aromatic heterocycles. The summed E-state index contributed by atoms with van der Waals surface area (Å²) in [7, 11) is 0. The molecular weight excluding hydrogens is 248 g/mol. The maximum atomic E-state index is 4.38. The summed E-state index contributed by atoms with van der Waals surface area (Å²) in [6, 6.07) is 2.31. The first-order valence-corrected chi connectivity index (χ1v) is 8.38. The van der Waals surface area contributed by atoms with Gasteiger partial charge in [-0.2, -0.15) is 0 Å². The molecule has 2 heterocycles. The highest BCUT2D eigenvalue weighted by atomic mass is 15.2. The van der Waals surface area contributed by atoms with E-state index in [9.17, 15) is 0 Å². The Hall–Kier alpha value is -0.870. The molecule has 1 atom stereocenters. The highest BCUT2D eigenvalue weighted by Gasteiger charge is 2.29. The van der Waals surface area contributed by atoms with E-state index in [1.165, 1.54) is 63.7 Å². The highest BCUT2D eigenvalue weighted by Crippen LogP contribution is 2.36. The number of rotatable bonds is 6. The van der Waals surface area contributed by atoms with Crippen molar-refractivity contribution < 1.29 is 0 Å². The third kappa shape index (κ3) is 2.91. The first-order chi connectivity index (χ1) is 9.90. The molecule has 1 aromatic rings. The van der Waals surface area contributed by atoms with Gasteiger partial charge in [0.05, 0.1) is 12.0 Å². The summed E-state index contributed by atoms with van der Waals surface area (Å²) in [5.41, 5.74) is 1.42. The lowest BCUT2D eigenvalue weighted by atomic mass is 10.0. The van der Waals surface area contributed by atoms with Gasteiger partial charge in [0, 0.05) is 37.4 Å². The van der Waals surface area contributed by atoms with Crippen molar-refractivity contribution >= 4 is 0 Å². The van der Waals surface area contributed by atoms with Gasteiger partial charge in [0.2, 0.25) is 0 Å². The Balaban J connectivity index is 1.39. The quantitative estimate of drug-likeness (QED) is 0.864. The van der Waals surface area contributed by atoms with Gasteiger partial charge in [0.15, 0.2) is 0 Å². The van der Waals surface area contributed by atoms with E-state index < -0.39 is 0 Å². The van der Waals surface area contributed by atoms with Crippen LogP contribution in [0.4, 0.5) is 0 Å². The molecule has 4 rings (SSSR count). The van der Waals surface area contributed by atoms with Crippen molar-refractivity contribution in [3.63, 3.8) is 0 Å². The van der Waals surface area contributed by atoms with Crippen LogP contribution in [-0.2, 0) is 6.54 Å². The highest BCUT2D eigenvalue weighted by molar-refractivity contribution is 5.04. The first-order valence-electron chi connectivity index (χ1n) is 8.38. The van der Waals surface area contributed by atoms with Crippen molar-refractivity contribution in [2.45, 2.75) is 69.6 Å². The summed E-state index contributed by atoms with van der Waals surface area (Å²) in [5, 5.41) is 3.72. The van der Waals surface area contributed by atoms with Crippen molar-refractivity contribution in [1.29, 1.82) is 0 Å². The number of nitrogens with one attached hydrogen (secondary N) is 1. The predicted molar refractivity (Wildman–Crippen MR) is 79.6 cm³/mol. The lowest BCUT2D eigenvalue weighted by molar-refractivity contribution is 0.134. The van der Waals surface area contributed by atoms with Gasteiger partial charge in [-0.3, -0.25) is 4.90 Å². The van der Waals surface area contributed by atoms with E-state index in [2.05, 4.69) is 26.0 Å². The Morgan fingerprint density at radius 3 is 2.85 bits per heavy atom. The molecule has 2 aliphatic carbocycles. The molecule has 4 nitrogen and oxygen atoms in total. The lowest BCUT2D eigenvalue weighted by Gasteiger charge is -2.36. The fourth-order valence-corrected chi connectivity index (χ4v) is 3.43. The maximum Gasteiger partial charge on any atom is 0.0951 e. The standard InChI is InChI=1S/C16H26N4/c1-2-8-19(15(3-1)10-18-13-4-5-13)11-16-9-17-12-20(16)14-6-7-14/h9,12-15,18H,1-8,10-11H2. The van der Waals surface area contributed by atoms with E-state index in [1.54, 1.807) is 0 Å². The minimum atomic E-state index is 0.729. The molecule has 0 spiro atoms. The zero-order valence-corrected chi connectivity index (χ0v) is 12.3. The van der Waals surface area contributed by atoms with Crippen LogP contribution in [-0.4, -0.2) is 39.6 Å². The fraction of sp³-hybridized carbons (Fsp3) is 0.812. The Kier molecular flexibility index (Phi) is 3.52. The molecule has 1 saturated heterocycles. The van der Waals surface area contributed by atoms with Gasteiger partial charge >= 0.3 is 0 Å². The topological polar surface area (TPSA) is 33.1 Å². The molecule has 20 heavy (non-hydrogen) atoms. The van der Waals surface area contributed by atoms with Crippen LogP contribution in [0.2, 0.25) is 0 Å². The minimum absolute atomic E-state index is 0.729. The summed E-state index contributed by atoms with van der Waals surface area (Å²) >= 11 is 0. The monoisotopic (exact) mass is 274 g/mol. The second-order valence-electron chi connectivity index (χ2n) is 6.83. The Morgan fingerprint density at radius 2 is 2.05 bits per heavy atom. The number of nitrogens with zero attached hydrogens (tertiary/aromatic N) is 3. The van der Waals surface area contributed by atoms with Gasteiger partial charge < -0.3 is 9.88 Å². The maximum absolute atomic E-state index is 4.38. The van der Waals surface area contributed by atoms with E-state index >= 15 is 0 Å². The number of piperidine rings is 1. The molecule has 0 radical (unpaired) electrons. The van der Waals surface area contributed by atoms with Crippen LogP contribution in [0.3, 0.4) is 0 Å². The number of imidazole rings is 1. The van der Waals surface area contributed by atoms with Gasteiger partial charge in [0.1, 0.15) is 0 Å². The average molecular weight is 274 g/mol. The third-order valence-electron chi connectivity index (χ3n) is 5.02. The number of hydrogen-bond acceptors (Lipinski definition) is 3. The van der Waals surface area contributed by atoms with Crippen molar-refractivity contribution in [2.24, 2.45) is 0 Å².